The van der Waals surface area contributed by atoms with Crippen molar-refractivity contribution >= 4 is 0 Å². The molecule has 1 atom stereocenters. The minimum atomic E-state index is 0.569. The van der Waals surface area contributed by atoms with Crippen molar-refractivity contribution in [2.24, 2.45) is 5.73 Å². The first-order valence-electron chi connectivity index (χ1n) is 2.64. The van der Waals surface area contributed by atoms with Crippen molar-refractivity contribution in [3.05, 3.63) is 0 Å². The van der Waals surface area contributed by atoms with Crippen LogP contribution in [-0.4, -0.2) is 29.8 Å². The van der Waals surface area contributed by atoms with Crippen LogP contribution in [0, 0.1) is 0 Å². The molecule has 3 heteroatoms. The Labute approximate surface area is 63.3 Å². The molecule has 0 aliphatic heterocycles. The van der Waals surface area contributed by atoms with Gasteiger partial charge >= 0.3 is 63.0 Å². The fourth-order valence-corrected chi connectivity index (χ4v) is 0.744. The van der Waals surface area contributed by atoms with Gasteiger partial charge in [0.15, 0.2) is 0 Å². The summed E-state index contributed by atoms with van der Waals surface area (Å²) >= 11 is 2.55. The molecule has 0 heterocycles. The Morgan fingerprint density at radius 3 is 2.25 bits per heavy atom. The molecule has 0 bridgehead atoms. The Kier molecular flexibility index (Phi) is 4.90. The zero-order valence-corrected chi connectivity index (χ0v) is 7.48. The van der Waals surface area contributed by atoms with Gasteiger partial charge in [-0.2, -0.15) is 0 Å². The molecule has 0 spiro atoms. The summed E-state index contributed by atoms with van der Waals surface area (Å²) in [6.07, 6.45) is 1.07. The van der Waals surface area contributed by atoms with E-state index < -0.39 is 0 Å². The number of nitrogens with two attached hydrogens (primary N) is 1. The maximum atomic E-state index is 5.33. The molecule has 2 N–H and O–H groups in total. The first-order valence-corrected chi connectivity index (χ1v) is 3.89. The van der Waals surface area contributed by atoms with Crippen molar-refractivity contribution < 1.29 is 21.1 Å². The average molecular weight is 298 g/mol. The van der Waals surface area contributed by atoms with E-state index in [2.05, 4.69) is 40.1 Å². The van der Waals surface area contributed by atoms with Crippen molar-refractivity contribution in [2.75, 3.05) is 20.6 Å². The predicted molar refractivity (Wildman–Crippen MR) is 31.1 cm³/mol. The molecule has 0 radical (unpaired) electrons. The molecule has 0 fully saturated rings. The van der Waals surface area contributed by atoms with Crippen LogP contribution in [0.4, 0.5) is 0 Å². The van der Waals surface area contributed by atoms with Crippen LogP contribution in [0.5, 0.6) is 0 Å². The van der Waals surface area contributed by atoms with Gasteiger partial charge in [0.1, 0.15) is 0 Å². The van der Waals surface area contributed by atoms with Crippen LogP contribution < -0.4 is 5.73 Å². The zero-order valence-electron chi connectivity index (χ0n) is 5.32. The first kappa shape index (κ1) is 8.66. The number of rotatable bonds is 3. The van der Waals surface area contributed by atoms with Gasteiger partial charge in [0, 0.05) is 0 Å². The van der Waals surface area contributed by atoms with E-state index in [0.717, 1.165) is 13.0 Å². The Hall–Kier alpha value is 0.660. The summed E-state index contributed by atoms with van der Waals surface area (Å²) in [6.45, 7) is 0.777. The van der Waals surface area contributed by atoms with Gasteiger partial charge in [-0.25, -0.2) is 0 Å². The fourth-order valence-electron chi connectivity index (χ4n) is 0.383. The van der Waals surface area contributed by atoms with E-state index in [-0.39, 0.29) is 0 Å². The van der Waals surface area contributed by atoms with Crippen LogP contribution in [0.15, 0.2) is 0 Å². The molecule has 0 saturated heterocycles. The second kappa shape index (κ2) is 4.53. The molecule has 54 valence electrons. The van der Waals surface area contributed by atoms with Crippen LogP contribution >= 0.6 is 0 Å². The van der Waals surface area contributed by atoms with E-state index >= 15 is 0 Å². The third kappa shape index (κ3) is 3.64. The van der Waals surface area contributed by atoms with Crippen LogP contribution in [0.1, 0.15) is 6.42 Å². The summed E-state index contributed by atoms with van der Waals surface area (Å²) in [5, 5.41) is 0. The number of hydrogen-bond donors (Lipinski definition) is 1. The van der Waals surface area contributed by atoms with Crippen LogP contribution in [0.3, 0.4) is 0 Å². The van der Waals surface area contributed by atoms with E-state index in [1.54, 1.807) is 0 Å². The normalized spacial score (nSPS) is 14.8. The quantitative estimate of drug-likeness (QED) is 0.729. The van der Waals surface area contributed by atoms with Crippen LogP contribution in [0.2, 0.25) is 0 Å². The Bertz CT molecular complexity index is 56.4. The van der Waals surface area contributed by atoms with Crippen molar-refractivity contribution in [1.29, 1.82) is 0 Å². The minimum absolute atomic E-state index is 0.569. The standard InChI is InChI=1S/C5H13N2.Au/c1-7(2)5-3-4-6;/h5H,3-4,6H2,1-2H3;. The van der Waals surface area contributed by atoms with Gasteiger partial charge in [-0.05, 0) is 0 Å². The molecule has 0 aromatic carbocycles. The molecule has 0 saturated carbocycles. The monoisotopic (exact) mass is 298 g/mol. The molecule has 0 aromatic heterocycles. The molecule has 0 aliphatic carbocycles. The molecule has 0 aromatic rings. The van der Waals surface area contributed by atoms with E-state index in [1.165, 1.54) is 0 Å². The van der Waals surface area contributed by atoms with E-state index in [9.17, 15) is 0 Å². The Morgan fingerprint density at radius 2 is 2.12 bits per heavy atom. The Morgan fingerprint density at radius 1 is 1.62 bits per heavy atom. The van der Waals surface area contributed by atoms with E-state index in [1.807, 2.05) is 0 Å². The van der Waals surface area contributed by atoms with Gasteiger partial charge < -0.3 is 0 Å². The van der Waals surface area contributed by atoms with Crippen molar-refractivity contribution in [1.82, 2.24) is 4.90 Å². The summed E-state index contributed by atoms with van der Waals surface area (Å²) in [7, 11) is 4.11. The molecular formula is C5H13AuN2. The van der Waals surface area contributed by atoms with Gasteiger partial charge in [-0.1, -0.05) is 0 Å². The zero-order chi connectivity index (χ0) is 6.57. The number of nitrogens with zero attached hydrogens (tertiary/aromatic N) is 1. The van der Waals surface area contributed by atoms with Crippen molar-refractivity contribution in [3.8, 4) is 0 Å². The third-order valence-electron chi connectivity index (χ3n) is 0.904. The van der Waals surface area contributed by atoms with Gasteiger partial charge in [-0.15, -0.1) is 0 Å². The number of hydrogen-bond acceptors (Lipinski definition) is 2. The van der Waals surface area contributed by atoms with Crippen LogP contribution in [-0.2, 0) is 21.1 Å². The summed E-state index contributed by atoms with van der Waals surface area (Å²) in [5.74, 6) is 0. The average Bonchev–Trinajstić information content (AvgIpc) is 1.67. The predicted octanol–water partition coefficient (Wildman–Crippen LogP) is -0.230. The second-order valence-electron chi connectivity index (χ2n) is 1.92. The third-order valence-corrected chi connectivity index (χ3v) is 2.65. The molecule has 0 aliphatic rings. The van der Waals surface area contributed by atoms with Gasteiger partial charge in [0.25, 0.3) is 0 Å². The van der Waals surface area contributed by atoms with E-state index in [0.29, 0.717) is 4.26 Å². The van der Waals surface area contributed by atoms with Gasteiger partial charge in [0.05, 0.1) is 0 Å². The molecule has 2 nitrogen and oxygen atoms in total. The van der Waals surface area contributed by atoms with Gasteiger partial charge in [0.2, 0.25) is 0 Å². The van der Waals surface area contributed by atoms with Crippen LogP contribution in [0.25, 0.3) is 0 Å². The maximum absolute atomic E-state index is 5.33. The molecule has 0 amide bonds. The first-order chi connectivity index (χ1) is 3.68. The molecule has 0 rings (SSSR count). The Balaban J connectivity index is 3.17. The second-order valence-corrected chi connectivity index (χ2v) is 3.37. The van der Waals surface area contributed by atoms with Crippen molar-refractivity contribution in [2.45, 2.75) is 10.7 Å². The fraction of sp³-hybridized carbons (Fsp3) is 1.00. The molecular weight excluding hydrogens is 285 g/mol. The molecule has 8 heavy (non-hydrogen) atoms. The van der Waals surface area contributed by atoms with E-state index in [4.69, 9.17) is 5.73 Å². The topological polar surface area (TPSA) is 29.3 Å². The summed E-state index contributed by atoms with van der Waals surface area (Å²) in [6, 6.07) is 0. The van der Waals surface area contributed by atoms with Gasteiger partial charge in [-0.3, -0.25) is 0 Å². The molecule has 1 unspecified atom stereocenters. The summed E-state index contributed by atoms with van der Waals surface area (Å²) in [5.41, 5.74) is 5.33. The van der Waals surface area contributed by atoms with Crippen molar-refractivity contribution in [3.63, 3.8) is 0 Å². The summed E-state index contributed by atoms with van der Waals surface area (Å²) in [4.78, 5) is 2.15. The SMILES string of the molecule is CN(C)[CH]([Au])CCN. The summed E-state index contributed by atoms with van der Waals surface area (Å²) < 4.78 is 0.569.